The normalized spacial score (nSPS) is 24.7. The molecule has 2 heteroatoms. The summed E-state index contributed by atoms with van der Waals surface area (Å²) in [6, 6.07) is 10.1. The zero-order valence-corrected chi connectivity index (χ0v) is 12.1. The maximum absolute atomic E-state index is 6.00. The van der Waals surface area contributed by atoms with Crippen molar-refractivity contribution in [2.45, 2.75) is 33.6 Å². The van der Waals surface area contributed by atoms with Crippen molar-refractivity contribution in [3.8, 4) is 11.5 Å². The number of oxazole rings is 1. The highest BCUT2D eigenvalue weighted by molar-refractivity contribution is 5.52. The lowest BCUT2D eigenvalue weighted by molar-refractivity contribution is 0.451. The second-order valence-corrected chi connectivity index (χ2v) is 6.50. The number of nitrogens with zero attached hydrogens (tertiary/aromatic N) is 1. The predicted molar refractivity (Wildman–Crippen MR) is 76.8 cm³/mol. The van der Waals surface area contributed by atoms with Crippen molar-refractivity contribution in [2.75, 3.05) is 0 Å². The van der Waals surface area contributed by atoms with E-state index >= 15 is 0 Å². The van der Waals surface area contributed by atoms with Crippen LogP contribution >= 0.6 is 0 Å². The lowest BCUT2D eigenvalue weighted by atomic mass is 10.0. The Bertz CT molecular complexity index is 568. The molecule has 1 fully saturated rings. The van der Waals surface area contributed by atoms with Crippen molar-refractivity contribution in [1.29, 1.82) is 0 Å². The Kier molecular flexibility index (Phi) is 2.77. The summed E-state index contributed by atoms with van der Waals surface area (Å²) in [7, 11) is 0. The van der Waals surface area contributed by atoms with Gasteiger partial charge in [0.2, 0.25) is 5.89 Å². The van der Waals surface area contributed by atoms with Crippen LogP contribution in [0, 0.1) is 17.3 Å². The molecule has 3 rings (SSSR count). The summed E-state index contributed by atoms with van der Waals surface area (Å²) in [4.78, 5) is 4.44. The summed E-state index contributed by atoms with van der Waals surface area (Å²) in [5.41, 5.74) is 1.38. The second-order valence-electron chi connectivity index (χ2n) is 6.50. The Morgan fingerprint density at radius 3 is 2.42 bits per heavy atom. The first-order valence-corrected chi connectivity index (χ1v) is 7.03. The van der Waals surface area contributed by atoms with Crippen molar-refractivity contribution >= 4 is 0 Å². The molecule has 19 heavy (non-hydrogen) atoms. The van der Waals surface area contributed by atoms with Crippen LogP contribution in [0.2, 0.25) is 0 Å². The van der Waals surface area contributed by atoms with Crippen molar-refractivity contribution in [1.82, 2.24) is 4.98 Å². The van der Waals surface area contributed by atoms with E-state index in [0.29, 0.717) is 23.2 Å². The van der Waals surface area contributed by atoms with Crippen LogP contribution in [0.4, 0.5) is 0 Å². The fraction of sp³-hybridized carbons (Fsp3) is 0.471. The molecule has 0 radical (unpaired) electrons. The first-order valence-electron chi connectivity index (χ1n) is 7.03. The lowest BCUT2D eigenvalue weighted by Crippen LogP contribution is -1.96. The quantitative estimate of drug-likeness (QED) is 0.792. The number of benzene rings is 1. The molecule has 2 atom stereocenters. The summed E-state index contributed by atoms with van der Waals surface area (Å²) < 4.78 is 6.00. The monoisotopic (exact) mass is 255 g/mol. The van der Waals surface area contributed by atoms with Crippen LogP contribution < -0.4 is 0 Å². The third-order valence-corrected chi connectivity index (χ3v) is 4.48. The van der Waals surface area contributed by atoms with Crippen LogP contribution in [-0.2, 0) is 0 Å². The van der Waals surface area contributed by atoms with Gasteiger partial charge >= 0.3 is 0 Å². The minimum Gasteiger partial charge on any atom is -0.441 e. The summed E-state index contributed by atoms with van der Waals surface area (Å²) in [5, 5.41) is 0. The number of hydrogen-bond acceptors (Lipinski definition) is 2. The highest BCUT2D eigenvalue weighted by atomic mass is 16.4. The summed E-state index contributed by atoms with van der Waals surface area (Å²) in [5.74, 6) is 3.68. The third kappa shape index (κ3) is 1.99. The van der Waals surface area contributed by atoms with Crippen molar-refractivity contribution in [3.05, 3.63) is 42.3 Å². The zero-order chi connectivity index (χ0) is 13.6. The van der Waals surface area contributed by atoms with Crippen LogP contribution in [0.3, 0.4) is 0 Å². The van der Waals surface area contributed by atoms with Gasteiger partial charge in [0.25, 0.3) is 0 Å². The van der Waals surface area contributed by atoms with Gasteiger partial charge in [-0.2, -0.15) is 0 Å². The Morgan fingerprint density at radius 2 is 1.84 bits per heavy atom. The van der Waals surface area contributed by atoms with E-state index in [1.807, 2.05) is 36.5 Å². The Balaban J connectivity index is 1.88. The topological polar surface area (TPSA) is 26.0 Å². The number of rotatable bonds is 3. The lowest BCUT2D eigenvalue weighted by Gasteiger charge is -2.04. The van der Waals surface area contributed by atoms with Crippen molar-refractivity contribution in [3.63, 3.8) is 0 Å². The van der Waals surface area contributed by atoms with Gasteiger partial charge in [0.15, 0.2) is 0 Å². The summed E-state index contributed by atoms with van der Waals surface area (Å²) >= 11 is 0. The fourth-order valence-electron chi connectivity index (χ4n) is 3.61. The van der Waals surface area contributed by atoms with E-state index in [0.717, 1.165) is 17.2 Å². The largest absolute Gasteiger partial charge is 0.441 e. The predicted octanol–water partition coefficient (Wildman–Crippen LogP) is 4.74. The Hall–Kier alpha value is -1.57. The SMILES string of the molecule is CC(C)[C@H]1[C@H](c2cnc(-c3ccccc3)o2)C1(C)C. The highest BCUT2D eigenvalue weighted by Crippen LogP contribution is 2.67. The number of aromatic nitrogens is 1. The minimum atomic E-state index is 0.335. The van der Waals surface area contributed by atoms with E-state index in [1.165, 1.54) is 0 Å². The van der Waals surface area contributed by atoms with E-state index < -0.39 is 0 Å². The average molecular weight is 255 g/mol. The first-order chi connectivity index (χ1) is 9.01. The zero-order valence-electron chi connectivity index (χ0n) is 12.1. The molecule has 0 saturated heterocycles. The molecular formula is C17H21NO. The molecule has 1 aliphatic rings. The van der Waals surface area contributed by atoms with Gasteiger partial charge in [-0.15, -0.1) is 0 Å². The van der Waals surface area contributed by atoms with Crippen LogP contribution in [0.25, 0.3) is 11.5 Å². The second kappa shape index (κ2) is 4.22. The molecule has 0 amide bonds. The van der Waals surface area contributed by atoms with Gasteiger partial charge in [-0.25, -0.2) is 4.98 Å². The molecule has 0 unspecified atom stereocenters. The van der Waals surface area contributed by atoms with Gasteiger partial charge < -0.3 is 4.42 Å². The van der Waals surface area contributed by atoms with Crippen LogP contribution in [0.5, 0.6) is 0 Å². The molecule has 1 aliphatic carbocycles. The Morgan fingerprint density at radius 1 is 1.16 bits per heavy atom. The summed E-state index contributed by atoms with van der Waals surface area (Å²) in [6.07, 6.45) is 1.91. The molecule has 0 aliphatic heterocycles. The van der Waals surface area contributed by atoms with Gasteiger partial charge in [-0.3, -0.25) is 0 Å². The standard InChI is InChI=1S/C17H21NO/c1-11(2)14-15(17(14,3)4)13-10-18-16(19-13)12-8-6-5-7-9-12/h5-11,14-15H,1-4H3/t14-,15-/m0/s1. The van der Waals surface area contributed by atoms with E-state index in [9.17, 15) is 0 Å². The van der Waals surface area contributed by atoms with Crippen molar-refractivity contribution < 1.29 is 4.42 Å². The van der Waals surface area contributed by atoms with Gasteiger partial charge in [-0.1, -0.05) is 45.9 Å². The average Bonchev–Trinajstić information content (AvgIpc) is 2.76. The van der Waals surface area contributed by atoms with E-state index in [1.54, 1.807) is 0 Å². The van der Waals surface area contributed by atoms with Crippen LogP contribution in [0.1, 0.15) is 39.4 Å². The first kappa shape index (κ1) is 12.5. The van der Waals surface area contributed by atoms with E-state index in [2.05, 4.69) is 32.7 Å². The molecule has 0 spiro atoms. The maximum Gasteiger partial charge on any atom is 0.226 e. The van der Waals surface area contributed by atoms with Crippen LogP contribution in [0.15, 0.2) is 40.9 Å². The van der Waals surface area contributed by atoms with Gasteiger partial charge in [0.05, 0.1) is 6.20 Å². The van der Waals surface area contributed by atoms with Gasteiger partial charge in [-0.05, 0) is 29.4 Å². The molecule has 100 valence electrons. The van der Waals surface area contributed by atoms with Crippen LogP contribution in [-0.4, -0.2) is 4.98 Å². The molecule has 1 saturated carbocycles. The molecular weight excluding hydrogens is 234 g/mol. The Labute approximate surface area is 114 Å². The third-order valence-electron chi connectivity index (χ3n) is 4.48. The van der Waals surface area contributed by atoms with E-state index in [4.69, 9.17) is 4.42 Å². The van der Waals surface area contributed by atoms with Crippen molar-refractivity contribution in [2.24, 2.45) is 17.3 Å². The highest BCUT2D eigenvalue weighted by Gasteiger charge is 2.61. The van der Waals surface area contributed by atoms with Gasteiger partial charge in [0, 0.05) is 11.5 Å². The maximum atomic E-state index is 6.00. The minimum absolute atomic E-state index is 0.335. The molecule has 1 heterocycles. The molecule has 2 aromatic rings. The molecule has 1 aromatic heterocycles. The molecule has 0 bridgehead atoms. The number of hydrogen-bond donors (Lipinski definition) is 0. The fourth-order valence-corrected chi connectivity index (χ4v) is 3.61. The van der Waals surface area contributed by atoms with Gasteiger partial charge in [0.1, 0.15) is 5.76 Å². The molecule has 2 nitrogen and oxygen atoms in total. The molecule has 1 aromatic carbocycles. The summed E-state index contributed by atoms with van der Waals surface area (Å²) in [6.45, 7) is 9.24. The molecule has 0 N–H and O–H groups in total. The van der Waals surface area contributed by atoms with E-state index in [-0.39, 0.29) is 0 Å². The smallest absolute Gasteiger partial charge is 0.226 e.